The van der Waals surface area contributed by atoms with Gasteiger partial charge in [-0.05, 0) is 149 Å². The minimum Gasteiger partial charge on any atom is -0.507 e. The highest BCUT2D eigenvalue weighted by Gasteiger charge is 2.28. The van der Waals surface area contributed by atoms with Crippen molar-refractivity contribution in [3.05, 3.63) is 171 Å². The number of benzene rings is 5. The van der Waals surface area contributed by atoms with Gasteiger partial charge in [0.1, 0.15) is 41.0 Å². The molecule has 0 amide bonds. The summed E-state index contributed by atoms with van der Waals surface area (Å²) >= 11 is 0. The molecule has 2 aliphatic heterocycles. The van der Waals surface area contributed by atoms with Gasteiger partial charge in [-0.1, -0.05) is 111 Å². The van der Waals surface area contributed by atoms with Gasteiger partial charge in [-0.25, -0.2) is 33.6 Å². The molecule has 20 nitrogen and oxygen atoms in total. The first-order chi connectivity index (χ1) is 35.6. The molecule has 0 radical (unpaired) electrons. The second-order valence-electron chi connectivity index (χ2n) is 22.0. The number of hydrogen-bond donors (Lipinski definition) is 9. The van der Waals surface area contributed by atoms with Crippen LogP contribution in [0, 0.1) is 41.5 Å². The lowest BCUT2D eigenvalue weighted by atomic mass is 9.82. The number of rotatable bonds is 7. The van der Waals surface area contributed by atoms with Crippen molar-refractivity contribution in [2.24, 2.45) is 10.2 Å². The number of fused-ring (bicyclic) bond motifs is 1. The second kappa shape index (κ2) is 23.0. The Hall–Kier alpha value is -8.39. The number of nitrogens with zero attached hydrogens (tertiary/aromatic N) is 8. The number of para-hydroxylation sites is 3. The van der Waals surface area contributed by atoms with Gasteiger partial charge < -0.3 is 15.3 Å². The Labute approximate surface area is 443 Å². The van der Waals surface area contributed by atoms with Crippen LogP contribution in [0.3, 0.4) is 0 Å². The van der Waals surface area contributed by atoms with Crippen molar-refractivity contribution in [3.8, 4) is 17.2 Å². The highest BCUT2D eigenvalue weighted by molar-refractivity contribution is 5.72. The van der Waals surface area contributed by atoms with Crippen LogP contribution in [0.2, 0.25) is 0 Å². The fraction of sp³-hybridized carbons (Fsp3) is 0.375. The summed E-state index contributed by atoms with van der Waals surface area (Å²) in [5.41, 5.74) is 20.8. The number of aromatic amines is 1. The van der Waals surface area contributed by atoms with Crippen molar-refractivity contribution in [2.45, 2.75) is 140 Å². The Balaban J connectivity index is 0.000000297. The molecule has 9 rings (SSSR count). The van der Waals surface area contributed by atoms with E-state index in [0.717, 1.165) is 63.8 Å². The summed E-state index contributed by atoms with van der Waals surface area (Å²) in [4.78, 5) is 43.1. The van der Waals surface area contributed by atoms with E-state index in [2.05, 4.69) is 53.1 Å². The molecule has 0 aliphatic carbocycles. The monoisotopic (exact) mass is 1040 g/mol. The van der Waals surface area contributed by atoms with E-state index in [-0.39, 0.29) is 53.1 Å². The van der Waals surface area contributed by atoms with Crippen LogP contribution < -0.4 is 49.6 Å². The number of hydrogen-bond acceptors (Lipinski definition) is 16. The minimum atomic E-state index is -0.794. The SMILES string of the molecule is C1=NNN(c2ccccc2)N1.C1=NNNN1.Cc1cc(C(C)(C)C)c(O)c(C)c1Cn1c(=O)n(Cc2c(C)cc(C(C)(C)C)c(O)c2C)c(=O)n(Cc2c(C)cc(C(C)(C)C)c(O)c2C)c1=O.c1ccc2n[nH]nc2c1. The molecular weight excluding hydrogens is 965 g/mol. The van der Waals surface area contributed by atoms with E-state index in [1.165, 1.54) is 6.34 Å². The summed E-state index contributed by atoms with van der Waals surface area (Å²) in [6, 6.07) is 23.2. The zero-order chi connectivity index (χ0) is 56.0. The van der Waals surface area contributed by atoms with Gasteiger partial charge in [0.05, 0.1) is 25.3 Å². The molecule has 9 N–H and O–H groups in total. The summed E-state index contributed by atoms with van der Waals surface area (Å²) < 4.78 is 3.15. The quantitative estimate of drug-likeness (QED) is 0.0770. The number of H-pyrrole nitrogens is 1. The van der Waals surface area contributed by atoms with Gasteiger partial charge >= 0.3 is 17.1 Å². The summed E-state index contributed by atoms with van der Waals surface area (Å²) in [6.07, 6.45) is 3.10. The molecule has 0 saturated carbocycles. The van der Waals surface area contributed by atoms with E-state index in [4.69, 9.17) is 0 Å². The summed E-state index contributed by atoms with van der Waals surface area (Å²) in [5, 5.41) is 53.1. The van der Waals surface area contributed by atoms with Crippen LogP contribution in [-0.2, 0) is 35.9 Å². The summed E-state index contributed by atoms with van der Waals surface area (Å²) in [5.74, 6) is 0.309. The Bertz CT molecular complexity index is 3140. The van der Waals surface area contributed by atoms with E-state index >= 15 is 0 Å². The maximum Gasteiger partial charge on any atom is 0.336 e. The zero-order valence-corrected chi connectivity index (χ0v) is 46.3. The molecule has 76 heavy (non-hydrogen) atoms. The van der Waals surface area contributed by atoms with Crippen LogP contribution in [0.25, 0.3) is 11.0 Å². The Morgan fingerprint density at radius 3 is 1.16 bits per heavy atom. The number of hydrazine groups is 4. The maximum atomic E-state index is 14.4. The number of aromatic hydroxyl groups is 3. The summed E-state index contributed by atoms with van der Waals surface area (Å²) in [6.45, 7) is 28.5. The van der Waals surface area contributed by atoms with Crippen molar-refractivity contribution in [1.29, 1.82) is 0 Å². The standard InChI is InChI=1S/C42H57N3O6.C7H8N4.C6H5N3.CH4N4/c1-22-16-31(40(7,8)9)34(46)25(4)28(22)19-43-37(49)44(20-29-23(2)17-32(41(10,11)12)35(47)26(29)5)39(51)45(38(43)50)21-30-24(3)18-33(42(13,14)15)36(48)27(30)6;1-2-4-7(5-3-1)11-9-6-8-10-11;1-2-4-6-5(3-1)7-9-8-6;1-2-4-5-3-1/h16-18,46-48H,19-21H2,1-15H3;1-6,10H,(H,8,9);1-4H,(H,7,8,9);1,4-5H,(H,2,3). The molecule has 4 heterocycles. The van der Waals surface area contributed by atoms with Crippen molar-refractivity contribution in [1.82, 2.24) is 56.6 Å². The number of hydrazone groups is 2. The van der Waals surface area contributed by atoms with Gasteiger partial charge in [-0.15, -0.1) is 10.6 Å². The highest BCUT2D eigenvalue weighted by Crippen LogP contribution is 2.39. The third-order valence-electron chi connectivity index (χ3n) is 13.4. The number of nitrogens with one attached hydrogen (secondary N) is 6. The van der Waals surface area contributed by atoms with Gasteiger partial charge in [0.2, 0.25) is 0 Å². The third kappa shape index (κ3) is 12.7. The molecule has 404 valence electrons. The zero-order valence-electron chi connectivity index (χ0n) is 46.3. The van der Waals surface area contributed by atoms with Gasteiger partial charge in [-0.2, -0.15) is 31.2 Å². The second-order valence-corrected chi connectivity index (χ2v) is 22.0. The third-order valence-corrected chi connectivity index (χ3v) is 13.4. The lowest BCUT2D eigenvalue weighted by Gasteiger charge is -2.26. The van der Waals surface area contributed by atoms with E-state index in [1.54, 1.807) is 32.2 Å². The molecule has 7 aromatic rings. The molecule has 0 unspecified atom stereocenters. The van der Waals surface area contributed by atoms with Crippen LogP contribution in [0.4, 0.5) is 5.69 Å². The molecular formula is C56H74N14O6. The van der Waals surface area contributed by atoms with Crippen LogP contribution in [0.5, 0.6) is 17.2 Å². The molecule has 0 bridgehead atoms. The fourth-order valence-electron chi connectivity index (χ4n) is 8.90. The van der Waals surface area contributed by atoms with E-state index in [9.17, 15) is 29.7 Å². The summed E-state index contributed by atoms with van der Waals surface area (Å²) in [7, 11) is 0. The van der Waals surface area contributed by atoms with Crippen molar-refractivity contribution in [2.75, 3.05) is 5.12 Å². The Morgan fingerprint density at radius 2 is 0.868 bits per heavy atom. The molecule has 0 spiro atoms. The van der Waals surface area contributed by atoms with E-state index in [0.29, 0.717) is 33.4 Å². The van der Waals surface area contributed by atoms with Crippen LogP contribution in [-0.4, -0.2) is 57.1 Å². The first kappa shape index (κ1) is 56.9. The Morgan fingerprint density at radius 1 is 0.500 bits per heavy atom. The normalized spacial score (nSPS) is 12.9. The molecule has 0 saturated heterocycles. The van der Waals surface area contributed by atoms with Gasteiger partial charge in [0, 0.05) is 0 Å². The molecule has 2 aliphatic rings. The number of phenolic OH excluding ortho intramolecular Hbond substituents is 3. The van der Waals surface area contributed by atoms with Gasteiger partial charge in [0.25, 0.3) is 0 Å². The number of aryl methyl sites for hydroxylation is 3. The van der Waals surface area contributed by atoms with Crippen molar-refractivity contribution in [3.63, 3.8) is 0 Å². The van der Waals surface area contributed by atoms with Crippen molar-refractivity contribution >= 4 is 29.4 Å². The van der Waals surface area contributed by atoms with Gasteiger partial charge in [-0.3, -0.25) is 10.9 Å². The number of aromatic nitrogens is 6. The lowest BCUT2D eigenvalue weighted by Crippen LogP contribution is -2.55. The predicted octanol–water partition coefficient (Wildman–Crippen LogP) is 7.14. The first-order valence-corrected chi connectivity index (χ1v) is 25.0. The largest absolute Gasteiger partial charge is 0.507 e. The molecule has 0 atom stereocenters. The fourth-order valence-corrected chi connectivity index (χ4v) is 8.90. The number of phenols is 3. The molecule has 0 fully saturated rings. The van der Waals surface area contributed by atoms with E-state index < -0.39 is 17.1 Å². The van der Waals surface area contributed by atoms with E-state index in [1.807, 2.05) is 156 Å². The lowest BCUT2D eigenvalue weighted by molar-refractivity contribution is 0.437. The van der Waals surface area contributed by atoms with Crippen molar-refractivity contribution < 1.29 is 15.3 Å². The maximum absolute atomic E-state index is 14.4. The average molecular weight is 1040 g/mol. The topological polar surface area (TPSA) is 256 Å². The van der Waals surface area contributed by atoms with Gasteiger partial charge in [0.15, 0.2) is 0 Å². The van der Waals surface area contributed by atoms with Crippen LogP contribution >= 0.6 is 0 Å². The molecule has 2 aromatic heterocycles. The smallest absolute Gasteiger partial charge is 0.336 e. The average Bonchev–Trinajstić information content (AvgIpc) is 4.20. The van der Waals surface area contributed by atoms with Crippen LogP contribution in [0.15, 0.2) is 97.4 Å². The first-order valence-electron chi connectivity index (χ1n) is 25.0. The Kier molecular flexibility index (Phi) is 17.2. The minimum absolute atomic E-state index is 0.103. The highest BCUT2D eigenvalue weighted by atomic mass is 16.3. The molecule has 20 heteroatoms. The predicted molar refractivity (Wildman–Crippen MR) is 301 cm³/mol. The van der Waals surface area contributed by atoms with Crippen LogP contribution in [0.1, 0.15) is 129 Å². The molecule has 5 aromatic carbocycles. The number of anilines is 1.